The van der Waals surface area contributed by atoms with Crippen molar-refractivity contribution < 1.29 is 19.4 Å². The monoisotopic (exact) mass is 279 g/mol. The van der Waals surface area contributed by atoms with Gasteiger partial charge in [0.15, 0.2) is 12.0 Å². The summed E-state index contributed by atoms with van der Waals surface area (Å²) in [5.74, 6) is -0.425. The summed E-state index contributed by atoms with van der Waals surface area (Å²) in [6, 6.07) is 8.05. The van der Waals surface area contributed by atoms with Crippen molar-refractivity contribution in [2.45, 2.75) is 38.7 Å². The van der Waals surface area contributed by atoms with Gasteiger partial charge in [-0.2, -0.15) is 0 Å². The normalized spacial score (nSPS) is 25.9. The van der Waals surface area contributed by atoms with Crippen LogP contribution in [0.4, 0.5) is 0 Å². The molecule has 1 fully saturated rings. The SMILES string of the molecule is CC(C)c1ccc([C@@]2(C)OC[C@@H](N(C=O)CO)O2)cc1. The highest BCUT2D eigenvalue weighted by atomic mass is 16.8. The van der Waals surface area contributed by atoms with Crippen LogP contribution in [-0.4, -0.2) is 36.0 Å². The number of ether oxygens (including phenoxy) is 2. The molecule has 5 nitrogen and oxygen atoms in total. The van der Waals surface area contributed by atoms with E-state index in [4.69, 9.17) is 14.6 Å². The smallest absolute Gasteiger partial charge is 0.213 e. The van der Waals surface area contributed by atoms with Crippen molar-refractivity contribution in [1.29, 1.82) is 0 Å². The van der Waals surface area contributed by atoms with Crippen molar-refractivity contribution in [1.82, 2.24) is 4.90 Å². The number of amides is 1. The lowest BCUT2D eigenvalue weighted by atomic mass is 9.99. The van der Waals surface area contributed by atoms with E-state index >= 15 is 0 Å². The van der Waals surface area contributed by atoms with Crippen molar-refractivity contribution in [3.63, 3.8) is 0 Å². The summed E-state index contributed by atoms with van der Waals surface area (Å²) in [6.45, 7) is 5.94. The molecule has 1 aliphatic heterocycles. The number of hydrogen-bond donors (Lipinski definition) is 1. The molecule has 1 saturated heterocycles. The molecule has 1 aromatic carbocycles. The second-order valence-electron chi connectivity index (χ2n) is 5.37. The Morgan fingerprint density at radius 3 is 2.60 bits per heavy atom. The van der Waals surface area contributed by atoms with E-state index in [1.165, 1.54) is 5.56 Å². The van der Waals surface area contributed by atoms with E-state index in [9.17, 15) is 4.79 Å². The van der Waals surface area contributed by atoms with Crippen LogP contribution >= 0.6 is 0 Å². The van der Waals surface area contributed by atoms with E-state index in [-0.39, 0.29) is 13.3 Å². The zero-order valence-electron chi connectivity index (χ0n) is 12.1. The van der Waals surface area contributed by atoms with Crippen molar-refractivity contribution >= 4 is 6.41 Å². The number of benzene rings is 1. The van der Waals surface area contributed by atoms with Gasteiger partial charge >= 0.3 is 0 Å². The Morgan fingerprint density at radius 1 is 1.45 bits per heavy atom. The maximum Gasteiger partial charge on any atom is 0.213 e. The Morgan fingerprint density at radius 2 is 2.10 bits per heavy atom. The van der Waals surface area contributed by atoms with Gasteiger partial charge in [-0.3, -0.25) is 9.69 Å². The highest BCUT2D eigenvalue weighted by molar-refractivity contribution is 5.47. The van der Waals surface area contributed by atoms with Crippen LogP contribution in [0.3, 0.4) is 0 Å². The Balaban J connectivity index is 2.14. The van der Waals surface area contributed by atoms with E-state index in [0.717, 1.165) is 10.5 Å². The minimum atomic E-state index is -0.892. The highest BCUT2D eigenvalue weighted by Crippen LogP contribution is 2.35. The molecule has 5 heteroatoms. The standard InChI is InChI=1S/C15H21NO4/c1-11(2)12-4-6-13(7-5-12)15(3)19-8-14(20-15)16(9-17)10-18/h4-7,9,11,14,18H,8,10H2,1-3H3/t14-,15-/m0/s1. The van der Waals surface area contributed by atoms with Crippen LogP contribution in [0, 0.1) is 0 Å². The summed E-state index contributed by atoms with van der Waals surface area (Å²) in [6.07, 6.45) is -0.00554. The van der Waals surface area contributed by atoms with E-state index in [1.807, 2.05) is 19.1 Å². The molecular formula is C15H21NO4. The van der Waals surface area contributed by atoms with Crippen molar-refractivity contribution in [3.05, 3.63) is 35.4 Å². The molecule has 0 spiro atoms. The van der Waals surface area contributed by atoms with Gasteiger partial charge in [0.05, 0.1) is 6.61 Å². The number of carbonyl (C=O) groups excluding carboxylic acids is 1. The molecule has 110 valence electrons. The van der Waals surface area contributed by atoms with Crippen molar-refractivity contribution in [2.24, 2.45) is 0 Å². The van der Waals surface area contributed by atoms with Crippen LogP contribution in [0.15, 0.2) is 24.3 Å². The molecule has 1 N–H and O–H groups in total. The summed E-state index contributed by atoms with van der Waals surface area (Å²) >= 11 is 0. The molecule has 2 atom stereocenters. The molecule has 20 heavy (non-hydrogen) atoms. The molecule has 0 unspecified atom stereocenters. The molecule has 0 aliphatic carbocycles. The molecule has 2 rings (SSSR count). The first-order valence-electron chi connectivity index (χ1n) is 6.74. The predicted molar refractivity (Wildman–Crippen MR) is 73.7 cm³/mol. The quantitative estimate of drug-likeness (QED) is 0.659. The second kappa shape index (κ2) is 5.91. The van der Waals surface area contributed by atoms with Gasteiger partial charge in [0.2, 0.25) is 6.41 Å². The zero-order valence-corrected chi connectivity index (χ0v) is 12.1. The average molecular weight is 279 g/mol. The minimum Gasteiger partial charge on any atom is -0.376 e. The molecule has 1 aliphatic rings. The molecule has 0 radical (unpaired) electrons. The lowest BCUT2D eigenvalue weighted by molar-refractivity contribution is -0.186. The van der Waals surface area contributed by atoms with Crippen molar-refractivity contribution in [2.75, 3.05) is 13.3 Å². The fourth-order valence-electron chi connectivity index (χ4n) is 2.24. The maximum atomic E-state index is 10.8. The molecule has 1 amide bonds. The van der Waals surface area contributed by atoms with Gasteiger partial charge in [0.25, 0.3) is 0 Å². The fraction of sp³-hybridized carbons (Fsp3) is 0.533. The Labute approximate surface area is 119 Å². The number of hydrogen-bond acceptors (Lipinski definition) is 4. The zero-order chi connectivity index (χ0) is 14.8. The van der Waals surface area contributed by atoms with Gasteiger partial charge in [-0.15, -0.1) is 0 Å². The second-order valence-corrected chi connectivity index (χ2v) is 5.37. The third kappa shape index (κ3) is 2.85. The first-order chi connectivity index (χ1) is 9.50. The molecule has 1 aromatic rings. The number of rotatable bonds is 5. The fourth-order valence-corrected chi connectivity index (χ4v) is 2.24. The largest absolute Gasteiger partial charge is 0.376 e. The summed E-state index contributed by atoms with van der Waals surface area (Å²) in [4.78, 5) is 12.0. The maximum absolute atomic E-state index is 10.8. The summed E-state index contributed by atoms with van der Waals surface area (Å²) in [7, 11) is 0. The van der Waals surface area contributed by atoms with Crippen molar-refractivity contribution in [3.8, 4) is 0 Å². The van der Waals surface area contributed by atoms with Gasteiger partial charge in [0, 0.05) is 5.56 Å². The average Bonchev–Trinajstić information content (AvgIpc) is 2.84. The number of carbonyl (C=O) groups is 1. The van der Waals surface area contributed by atoms with Gasteiger partial charge in [0.1, 0.15) is 6.73 Å². The van der Waals surface area contributed by atoms with Crippen LogP contribution in [0.1, 0.15) is 37.8 Å². The summed E-state index contributed by atoms with van der Waals surface area (Å²) in [5, 5.41) is 9.08. The van der Waals surface area contributed by atoms with E-state index in [0.29, 0.717) is 12.3 Å². The molecule has 0 bridgehead atoms. The molecular weight excluding hydrogens is 258 g/mol. The lowest BCUT2D eigenvalue weighted by Crippen LogP contribution is -2.37. The lowest BCUT2D eigenvalue weighted by Gasteiger charge is -2.26. The van der Waals surface area contributed by atoms with E-state index < -0.39 is 12.0 Å². The Hall–Kier alpha value is -1.43. The third-order valence-electron chi connectivity index (χ3n) is 3.63. The summed E-state index contributed by atoms with van der Waals surface area (Å²) < 4.78 is 11.5. The number of nitrogens with zero attached hydrogens (tertiary/aromatic N) is 1. The summed E-state index contributed by atoms with van der Waals surface area (Å²) in [5.41, 5.74) is 2.14. The predicted octanol–water partition coefficient (Wildman–Crippen LogP) is 1.76. The van der Waals surface area contributed by atoms with Gasteiger partial charge in [-0.1, -0.05) is 38.1 Å². The molecule has 1 heterocycles. The van der Waals surface area contributed by atoms with Gasteiger partial charge in [-0.05, 0) is 18.4 Å². The first-order valence-corrected chi connectivity index (χ1v) is 6.74. The Bertz CT molecular complexity index is 459. The van der Waals surface area contributed by atoms with Crippen LogP contribution < -0.4 is 0 Å². The number of aliphatic hydroxyl groups excluding tert-OH is 1. The molecule has 0 saturated carbocycles. The van der Waals surface area contributed by atoms with Gasteiger partial charge < -0.3 is 14.6 Å². The van der Waals surface area contributed by atoms with Crippen LogP contribution in [0.2, 0.25) is 0 Å². The van der Waals surface area contributed by atoms with Crippen LogP contribution in [0.5, 0.6) is 0 Å². The van der Waals surface area contributed by atoms with Gasteiger partial charge in [-0.25, -0.2) is 0 Å². The van der Waals surface area contributed by atoms with E-state index in [2.05, 4.69) is 26.0 Å². The number of aliphatic hydroxyl groups is 1. The first kappa shape index (κ1) is 15.0. The highest BCUT2D eigenvalue weighted by Gasteiger charge is 2.41. The third-order valence-corrected chi connectivity index (χ3v) is 3.63. The topological polar surface area (TPSA) is 59.0 Å². The van der Waals surface area contributed by atoms with Crippen LogP contribution in [-0.2, 0) is 20.1 Å². The Kier molecular flexibility index (Phi) is 4.42. The van der Waals surface area contributed by atoms with E-state index in [1.54, 1.807) is 0 Å². The van der Waals surface area contributed by atoms with Crippen LogP contribution in [0.25, 0.3) is 0 Å². The minimum absolute atomic E-state index is 0.238. The molecule has 0 aromatic heterocycles.